The summed E-state index contributed by atoms with van der Waals surface area (Å²) in [5.41, 5.74) is 0. The van der Waals surface area contributed by atoms with Crippen LogP contribution in [0.3, 0.4) is 0 Å². The molecule has 0 unspecified atom stereocenters. The Morgan fingerprint density at radius 1 is 1.38 bits per heavy atom. The molecular formula is C9H20N2O2. The Labute approximate surface area is 80.2 Å². The average Bonchev–Trinajstić information content (AvgIpc) is 2.16. The molecule has 1 rings (SSSR count). The lowest BCUT2D eigenvalue weighted by molar-refractivity contribution is -0.184. The summed E-state index contributed by atoms with van der Waals surface area (Å²) in [6, 6.07) is 0. The quantitative estimate of drug-likeness (QED) is 0.653. The van der Waals surface area contributed by atoms with Crippen molar-refractivity contribution in [3.8, 4) is 0 Å². The first kappa shape index (κ1) is 10.9. The first-order valence-corrected chi connectivity index (χ1v) is 4.89. The fraction of sp³-hybridized carbons (Fsp3) is 1.00. The molecule has 0 aromatic carbocycles. The van der Waals surface area contributed by atoms with Crippen molar-refractivity contribution in [1.82, 2.24) is 10.2 Å². The highest BCUT2D eigenvalue weighted by atomic mass is 16.7. The van der Waals surface area contributed by atoms with Crippen molar-refractivity contribution in [3.63, 3.8) is 0 Å². The van der Waals surface area contributed by atoms with Crippen molar-refractivity contribution < 1.29 is 9.47 Å². The fourth-order valence-electron chi connectivity index (χ4n) is 1.29. The van der Waals surface area contributed by atoms with Crippen molar-refractivity contribution in [2.75, 3.05) is 46.9 Å². The van der Waals surface area contributed by atoms with Crippen molar-refractivity contribution in [1.29, 1.82) is 0 Å². The van der Waals surface area contributed by atoms with Crippen LogP contribution in [0.2, 0.25) is 0 Å². The molecule has 1 aliphatic rings. The largest absolute Gasteiger partial charge is 0.351 e. The molecule has 0 aromatic heterocycles. The van der Waals surface area contributed by atoms with Gasteiger partial charge in [0.2, 0.25) is 0 Å². The van der Waals surface area contributed by atoms with Gasteiger partial charge in [-0.15, -0.1) is 0 Å². The minimum atomic E-state index is -0.0180. The molecule has 0 bridgehead atoms. The van der Waals surface area contributed by atoms with Crippen molar-refractivity contribution in [3.05, 3.63) is 0 Å². The number of hydrogen-bond acceptors (Lipinski definition) is 4. The predicted octanol–water partition coefficient (Wildman–Crippen LogP) is -0.0994. The van der Waals surface area contributed by atoms with E-state index in [1.165, 1.54) is 0 Å². The molecule has 0 spiro atoms. The van der Waals surface area contributed by atoms with Crippen LogP contribution >= 0.6 is 0 Å². The predicted molar refractivity (Wildman–Crippen MR) is 51.7 cm³/mol. The van der Waals surface area contributed by atoms with Gasteiger partial charge in [-0.1, -0.05) is 0 Å². The third kappa shape index (κ3) is 4.57. The Bertz CT molecular complexity index is 127. The zero-order valence-corrected chi connectivity index (χ0v) is 8.58. The van der Waals surface area contributed by atoms with E-state index in [1.807, 2.05) is 7.05 Å². The maximum Gasteiger partial charge on any atom is 0.170 e. The smallest absolute Gasteiger partial charge is 0.170 e. The summed E-state index contributed by atoms with van der Waals surface area (Å²) in [5.74, 6) is 0. The standard InChI is InChI=1S/C9H20N2O2/c1-10-4-5-11(2)8-9-12-6-3-7-13-9/h9-10H,3-8H2,1-2H3. The Balaban J connectivity index is 2.07. The minimum absolute atomic E-state index is 0.0180. The van der Waals surface area contributed by atoms with Gasteiger partial charge in [0.15, 0.2) is 6.29 Å². The number of hydrogen-bond donors (Lipinski definition) is 1. The molecule has 0 aromatic rings. The highest BCUT2D eigenvalue weighted by molar-refractivity contribution is 4.58. The third-order valence-corrected chi connectivity index (χ3v) is 2.10. The summed E-state index contributed by atoms with van der Waals surface area (Å²) in [6.07, 6.45) is 1.01. The van der Waals surface area contributed by atoms with Gasteiger partial charge in [0, 0.05) is 19.6 Å². The average molecular weight is 188 g/mol. The normalized spacial score (nSPS) is 19.6. The monoisotopic (exact) mass is 188 g/mol. The lowest BCUT2D eigenvalue weighted by Gasteiger charge is -2.27. The van der Waals surface area contributed by atoms with Gasteiger partial charge in [-0.2, -0.15) is 0 Å². The van der Waals surface area contributed by atoms with Crippen LogP contribution in [0.4, 0.5) is 0 Å². The van der Waals surface area contributed by atoms with Gasteiger partial charge in [0.05, 0.1) is 13.2 Å². The van der Waals surface area contributed by atoms with Gasteiger partial charge in [0.25, 0.3) is 0 Å². The van der Waals surface area contributed by atoms with Crippen molar-refractivity contribution in [2.24, 2.45) is 0 Å². The van der Waals surface area contributed by atoms with Crippen molar-refractivity contribution >= 4 is 0 Å². The van der Waals surface area contributed by atoms with Crippen LogP contribution in [-0.4, -0.2) is 58.1 Å². The van der Waals surface area contributed by atoms with Crippen LogP contribution in [0, 0.1) is 0 Å². The van der Waals surface area contributed by atoms with Gasteiger partial charge < -0.3 is 19.7 Å². The summed E-state index contributed by atoms with van der Waals surface area (Å²) >= 11 is 0. The lowest BCUT2D eigenvalue weighted by atomic mass is 10.4. The SMILES string of the molecule is CNCCN(C)CC1OCCCO1. The molecule has 1 aliphatic heterocycles. The van der Waals surface area contributed by atoms with Crippen LogP contribution in [0.25, 0.3) is 0 Å². The molecule has 0 aliphatic carbocycles. The summed E-state index contributed by atoms with van der Waals surface area (Å²) in [4.78, 5) is 2.21. The zero-order valence-electron chi connectivity index (χ0n) is 8.58. The van der Waals surface area contributed by atoms with E-state index in [2.05, 4.69) is 17.3 Å². The second-order valence-corrected chi connectivity index (χ2v) is 3.39. The molecule has 1 saturated heterocycles. The van der Waals surface area contributed by atoms with Crippen LogP contribution in [0.15, 0.2) is 0 Å². The Hall–Kier alpha value is -0.160. The number of ether oxygens (including phenoxy) is 2. The topological polar surface area (TPSA) is 33.7 Å². The first-order chi connectivity index (χ1) is 6.33. The highest BCUT2D eigenvalue weighted by Gasteiger charge is 2.15. The van der Waals surface area contributed by atoms with Crippen LogP contribution in [0.5, 0.6) is 0 Å². The van der Waals surface area contributed by atoms with E-state index in [-0.39, 0.29) is 6.29 Å². The number of likely N-dealkylation sites (N-methyl/N-ethyl adjacent to an activating group) is 2. The first-order valence-electron chi connectivity index (χ1n) is 4.89. The summed E-state index contributed by atoms with van der Waals surface area (Å²) < 4.78 is 10.9. The molecule has 1 fully saturated rings. The third-order valence-electron chi connectivity index (χ3n) is 2.10. The molecule has 4 nitrogen and oxygen atoms in total. The van der Waals surface area contributed by atoms with Gasteiger partial charge >= 0.3 is 0 Å². The Kier molecular flexibility index (Phi) is 5.31. The molecule has 0 amide bonds. The zero-order chi connectivity index (χ0) is 9.52. The second-order valence-electron chi connectivity index (χ2n) is 3.39. The fourth-order valence-corrected chi connectivity index (χ4v) is 1.29. The molecule has 1 N–H and O–H groups in total. The lowest BCUT2D eigenvalue weighted by Crippen LogP contribution is -2.38. The van der Waals surface area contributed by atoms with Gasteiger partial charge in [-0.05, 0) is 20.5 Å². The van der Waals surface area contributed by atoms with E-state index in [0.29, 0.717) is 0 Å². The number of nitrogens with one attached hydrogen (secondary N) is 1. The molecule has 0 radical (unpaired) electrons. The van der Waals surface area contributed by atoms with Gasteiger partial charge in [0.1, 0.15) is 0 Å². The van der Waals surface area contributed by atoms with Crippen LogP contribution in [0.1, 0.15) is 6.42 Å². The van der Waals surface area contributed by atoms with Crippen LogP contribution in [-0.2, 0) is 9.47 Å². The van der Waals surface area contributed by atoms with Gasteiger partial charge in [-0.3, -0.25) is 0 Å². The molecule has 0 atom stereocenters. The van der Waals surface area contributed by atoms with E-state index in [4.69, 9.17) is 9.47 Å². The van der Waals surface area contributed by atoms with E-state index in [1.54, 1.807) is 0 Å². The minimum Gasteiger partial charge on any atom is -0.351 e. The molecule has 1 heterocycles. The van der Waals surface area contributed by atoms with Crippen LogP contribution < -0.4 is 5.32 Å². The van der Waals surface area contributed by atoms with E-state index < -0.39 is 0 Å². The molecular weight excluding hydrogens is 168 g/mol. The Morgan fingerprint density at radius 2 is 2.08 bits per heavy atom. The summed E-state index contributed by atoms with van der Waals surface area (Å²) in [7, 11) is 4.04. The van der Waals surface area contributed by atoms with E-state index in [9.17, 15) is 0 Å². The Morgan fingerprint density at radius 3 is 2.69 bits per heavy atom. The molecule has 13 heavy (non-hydrogen) atoms. The second kappa shape index (κ2) is 6.32. The van der Waals surface area contributed by atoms with Crippen molar-refractivity contribution in [2.45, 2.75) is 12.7 Å². The maximum absolute atomic E-state index is 5.44. The number of nitrogens with zero attached hydrogens (tertiary/aromatic N) is 1. The summed E-state index contributed by atoms with van der Waals surface area (Å²) in [5, 5.41) is 3.11. The molecule has 4 heteroatoms. The maximum atomic E-state index is 5.44. The van der Waals surface area contributed by atoms with E-state index >= 15 is 0 Å². The highest BCUT2D eigenvalue weighted by Crippen LogP contribution is 2.05. The van der Waals surface area contributed by atoms with Gasteiger partial charge in [-0.25, -0.2) is 0 Å². The molecule has 78 valence electrons. The molecule has 0 saturated carbocycles. The van der Waals surface area contributed by atoms with E-state index in [0.717, 1.165) is 39.3 Å². The summed E-state index contributed by atoms with van der Waals surface area (Å²) in [6.45, 7) is 4.57. The number of rotatable bonds is 5.